The second-order valence-electron chi connectivity index (χ2n) is 5.31. The highest BCUT2D eigenvalue weighted by atomic mass is 35.5. The molecule has 1 atom stereocenters. The molecule has 0 saturated heterocycles. The van der Waals surface area contributed by atoms with Gasteiger partial charge in [-0.15, -0.1) is 0 Å². The Morgan fingerprint density at radius 2 is 2.00 bits per heavy atom. The molecule has 128 valence electrons. The number of amides is 1. The monoisotopic (exact) mass is 360 g/mol. The van der Waals surface area contributed by atoms with Crippen molar-refractivity contribution in [1.29, 1.82) is 5.26 Å². The van der Waals surface area contributed by atoms with Crippen molar-refractivity contribution < 1.29 is 18.7 Å². The Morgan fingerprint density at radius 3 is 2.60 bits per heavy atom. The van der Waals surface area contributed by atoms with E-state index in [1.165, 1.54) is 37.3 Å². The number of carbonyl (C=O) groups is 2. The highest BCUT2D eigenvalue weighted by Gasteiger charge is 2.20. The summed E-state index contributed by atoms with van der Waals surface area (Å²) in [6, 6.07) is 10.2. The van der Waals surface area contributed by atoms with Gasteiger partial charge < -0.3 is 10.1 Å². The maximum atomic E-state index is 13.5. The van der Waals surface area contributed by atoms with Crippen LogP contribution in [0.5, 0.6) is 0 Å². The number of halogens is 2. The minimum absolute atomic E-state index is 0.0177. The summed E-state index contributed by atoms with van der Waals surface area (Å²) >= 11 is 5.89. The Labute approximate surface area is 149 Å². The van der Waals surface area contributed by atoms with Gasteiger partial charge in [-0.3, -0.25) is 4.79 Å². The highest BCUT2D eigenvalue weighted by molar-refractivity contribution is 6.32. The standard InChI is InChI=1S/C18H14ClFN2O3/c1-10-3-4-12(7-16(10)20)18(24)25-11(2)17(23)22-14-6-5-13(9-21)15(19)8-14/h3-8,11H,1-2H3,(H,22,23)/t11-/m1/s1. The fraction of sp³-hybridized carbons (Fsp3) is 0.167. The number of nitriles is 1. The summed E-state index contributed by atoms with van der Waals surface area (Å²) in [5, 5.41) is 11.5. The molecule has 0 heterocycles. The lowest BCUT2D eigenvalue weighted by molar-refractivity contribution is -0.123. The van der Waals surface area contributed by atoms with Crippen LogP contribution in [0.1, 0.15) is 28.4 Å². The van der Waals surface area contributed by atoms with Gasteiger partial charge in [-0.1, -0.05) is 17.7 Å². The zero-order valence-corrected chi connectivity index (χ0v) is 14.2. The van der Waals surface area contributed by atoms with E-state index in [9.17, 15) is 14.0 Å². The highest BCUT2D eigenvalue weighted by Crippen LogP contribution is 2.20. The van der Waals surface area contributed by atoms with Crippen LogP contribution in [0.25, 0.3) is 0 Å². The van der Waals surface area contributed by atoms with E-state index in [1.54, 1.807) is 6.92 Å². The molecule has 1 amide bonds. The van der Waals surface area contributed by atoms with Crippen LogP contribution in [0.15, 0.2) is 36.4 Å². The van der Waals surface area contributed by atoms with E-state index >= 15 is 0 Å². The molecule has 5 nitrogen and oxygen atoms in total. The average Bonchev–Trinajstić information content (AvgIpc) is 2.57. The Morgan fingerprint density at radius 1 is 1.28 bits per heavy atom. The van der Waals surface area contributed by atoms with E-state index in [2.05, 4.69) is 5.32 Å². The first-order valence-corrected chi connectivity index (χ1v) is 7.67. The van der Waals surface area contributed by atoms with Crippen LogP contribution in [0.4, 0.5) is 10.1 Å². The van der Waals surface area contributed by atoms with E-state index in [1.807, 2.05) is 6.07 Å². The predicted molar refractivity (Wildman–Crippen MR) is 90.8 cm³/mol. The summed E-state index contributed by atoms with van der Waals surface area (Å²) in [7, 11) is 0. The Kier molecular flexibility index (Phi) is 5.73. The average molecular weight is 361 g/mol. The zero-order chi connectivity index (χ0) is 18.6. The Bertz CT molecular complexity index is 877. The number of anilines is 1. The molecule has 0 aliphatic heterocycles. The molecule has 0 radical (unpaired) electrons. The number of esters is 1. The number of nitrogens with one attached hydrogen (secondary N) is 1. The Hall–Kier alpha value is -2.91. The van der Waals surface area contributed by atoms with Gasteiger partial charge in [-0.25, -0.2) is 9.18 Å². The largest absolute Gasteiger partial charge is 0.449 e. The second kappa shape index (κ2) is 7.77. The second-order valence-corrected chi connectivity index (χ2v) is 5.71. The minimum atomic E-state index is -1.11. The van der Waals surface area contributed by atoms with Crippen molar-refractivity contribution in [2.75, 3.05) is 5.32 Å². The van der Waals surface area contributed by atoms with E-state index in [-0.39, 0.29) is 16.1 Å². The van der Waals surface area contributed by atoms with Crippen LogP contribution in [0.3, 0.4) is 0 Å². The molecule has 0 spiro atoms. The maximum Gasteiger partial charge on any atom is 0.339 e. The molecule has 0 unspecified atom stereocenters. The lowest BCUT2D eigenvalue weighted by Gasteiger charge is -2.14. The number of aryl methyl sites for hydroxylation is 1. The van der Waals surface area contributed by atoms with Crippen LogP contribution < -0.4 is 5.32 Å². The van der Waals surface area contributed by atoms with Crippen molar-refractivity contribution in [3.8, 4) is 6.07 Å². The molecule has 0 aliphatic carbocycles. The molecule has 2 aromatic rings. The normalized spacial score (nSPS) is 11.3. The van der Waals surface area contributed by atoms with Crippen molar-refractivity contribution in [3.05, 3.63) is 63.9 Å². The molecule has 0 saturated carbocycles. The summed E-state index contributed by atoms with van der Waals surface area (Å²) in [4.78, 5) is 24.1. The first-order chi connectivity index (χ1) is 11.8. The van der Waals surface area contributed by atoms with Gasteiger partial charge in [0.2, 0.25) is 0 Å². The van der Waals surface area contributed by atoms with E-state index in [0.717, 1.165) is 6.07 Å². The number of hydrogen-bond acceptors (Lipinski definition) is 4. The van der Waals surface area contributed by atoms with Crippen molar-refractivity contribution in [2.45, 2.75) is 20.0 Å². The van der Waals surface area contributed by atoms with Gasteiger partial charge in [0, 0.05) is 5.69 Å². The molecule has 25 heavy (non-hydrogen) atoms. The van der Waals surface area contributed by atoms with Crippen LogP contribution >= 0.6 is 11.6 Å². The molecular weight excluding hydrogens is 347 g/mol. The quantitative estimate of drug-likeness (QED) is 0.840. The first kappa shape index (κ1) is 18.4. The molecule has 2 aromatic carbocycles. The van der Waals surface area contributed by atoms with Gasteiger partial charge in [0.05, 0.1) is 16.1 Å². The predicted octanol–water partition coefficient (Wildman–Crippen LogP) is 3.84. The van der Waals surface area contributed by atoms with Gasteiger partial charge in [0.15, 0.2) is 6.10 Å². The van der Waals surface area contributed by atoms with Gasteiger partial charge in [0.1, 0.15) is 11.9 Å². The number of benzene rings is 2. The van der Waals surface area contributed by atoms with Crippen molar-refractivity contribution in [3.63, 3.8) is 0 Å². The summed E-state index contributed by atoms with van der Waals surface area (Å²) in [5.41, 5.74) is 1.06. The van der Waals surface area contributed by atoms with Gasteiger partial charge in [0.25, 0.3) is 5.91 Å². The maximum absolute atomic E-state index is 13.5. The van der Waals surface area contributed by atoms with Crippen molar-refractivity contribution >= 4 is 29.2 Å². The fourth-order valence-electron chi connectivity index (χ4n) is 1.93. The molecular formula is C18H14ClFN2O3. The first-order valence-electron chi connectivity index (χ1n) is 7.29. The number of rotatable bonds is 4. The lowest BCUT2D eigenvalue weighted by atomic mass is 10.1. The molecule has 0 aliphatic rings. The topological polar surface area (TPSA) is 79.2 Å². The third-order valence-corrected chi connectivity index (χ3v) is 3.73. The molecule has 0 aromatic heterocycles. The van der Waals surface area contributed by atoms with Crippen LogP contribution in [0, 0.1) is 24.1 Å². The van der Waals surface area contributed by atoms with Crippen LogP contribution in [-0.2, 0) is 9.53 Å². The molecule has 0 fully saturated rings. The fourth-order valence-corrected chi connectivity index (χ4v) is 2.15. The van der Waals surface area contributed by atoms with Crippen LogP contribution in [-0.4, -0.2) is 18.0 Å². The lowest BCUT2D eigenvalue weighted by Crippen LogP contribution is -2.30. The van der Waals surface area contributed by atoms with Gasteiger partial charge in [-0.05, 0) is 49.7 Å². The molecule has 2 rings (SSSR count). The van der Waals surface area contributed by atoms with Gasteiger partial charge in [-0.2, -0.15) is 5.26 Å². The molecule has 7 heteroatoms. The van der Waals surface area contributed by atoms with E-state index in [4.69, 9.17) is 21.6 Å². The van der Waals surface area contributed by atoms with Gasteiger partial charge >= 0.3 is 5.97 Å². The summed E-state index contributed by atoms with van der Waals surface area (Å²) < 4.78 is 18.5. The summed E-state index contributed by atoms with van der Waals surface area (Å²) in [6.45, 7) is 2.96. The minimum Gasteiger partial charge on any atom is -0.449 e. The number of carbonyl (C=O) groups excluding carboxylic acids is 2. The number of hydrogen-bond donors (Lipinski definition) is 1. The summed E-state index contributed by atoms with van der Waals surface area (Å²) in [6.07, 6.45) is -1.11. The number of nitrogens with zero attached hydrogens (tertiary/aromatic N) is 1. The van der Waals surface area contributed by atoms with E-state index in [0.29, 0.717) is 11.3 Å². The summed E-state index contributed by atoms with van der Waals surface area (Å²) in [5.74, 6) is -1.92. The van der Waals surface area contributed by atoms with Crippen LogP contribution in [0.2, 0.25) is 5.02 Å². The molecule has 1 N–H and O–H groups in total. The van der Waals surface area contributed by atoms with Crippen molar-refractivity contribution in [1.82, 2.24) is 0 Å². The molecule has 0 bridgehead atoms. The smallest absolute Gasteiger partial charge is 0.339 e. The number of ether oxygens (including phenoxy) is 1. The third-order valence-electron chi connectivity index (χ3n) is 3.42. The van der Waals surface area contributed by atoms with Crippen molar-refractivity contribution in [2.24, 2.45) is 0 Å². The zero-order valence-electron chi connectivity index (χ0n) is 13.5. The van der Waals surface area contributed by atoms with E-state index < -0.39 is 23.8 Å². The Balaban J connectivity index is 2.02. The SMILES string of the molecule is Cc1ccc(C(=O)O[C@H](C)C(=O)Nc2ccc(C#N)c(Cl)c2)cc1F. The third kappa shape index (κ3) is 4.55.